The van der Waals surface area contributed by atoms with Gasteiger partial charge in [0.05, 0.1) is 10.7 Å². The molecule has 1 N–H and O–H groups in total. The molecule has 1 saturated heterocycles. The molecule has 3 rings (SSSR count). The van der Waals surface area contributed by atoms with Gasteiger partial charge in [-0.1, -0.05) is 0 Å². The zero-order valence-corrected chi connectivity index (χ0v) is 9.94. The van der Waals surface area contributed by atoms with Gasteiger partial charge in [0.1, 0.15) is 0 Å². The first-order valence-electron chi connectivity index (χ1n) is 5.75. The maximum Gasteiger partial charge on any atom is 0.0900 e. The van der Waals surface area contributed by atoms with Crippen LogP contribution in [0.2, 0.25) is 0 Å². The van der Waals surface area contributed by atoms with Crippen molar-refractivity contribution in [3.8, 4) is 0 Å². The van der Waals surface area contributed by atoms with E-state index in [1.807, 2.05) is 11.3 Å². The summed E-state index contributed by atoms with van der Waals surface area (Å²) in [5.41, 5.74) is 1.38. The SMILES string of the molecule is Cc1nc2c(s1)C(N1CCNCC1)CC2. The lowest BCUT2D eigenvalue weighted by Crippen LogP contribution is -2.44. The Morgan fingerprint density at radius 3 is 3.00 bits per heavy atom. The summed E-state index contributed by atoms with van der Waals surface area (Å²) in [6.45, 7) is 6.80. The molecule has 4 heteroatoms. The van der Waals surface area contributed by atoms with Gasteiger partial charge >= 0.3 is 0 Å². The van der Waals surface area contributed by atoms with Crippen molar-refractivity contribution in [1.29, 1.82) is 0 Å². The Bertz CT molecular complexity index is 355. The third-order valence-corrected chi connectivity index (χ3v) is 4.50. The van der Waals surface area contributed by atoms with E-state index in [1.54, 1.807) is 4.88 Å². The second-order valence-corrected chi connectivity index (χ2v) is 5.62. The maximum atomic E-state index is 4.61. The molecule has 1 aliphatic heterocycles. The second kappa shape index (κ2) is 3.85. The van der Waals surface area contributed by atoms with Crippen LogP contribution in [-0.4, -0.2) is 36.1 Å². The zero-order valence-electron chi connectivity index (χ0n) is 9.12. The normalized spacial score (nSPS) is 26.9. The number of hydrogen-bond acceptors (Lipinski definition) is 4. The minimum absolute atomic E-state index is 0.674. The quantitative estimate of drug-likeness (QED) is 0.779. The summed E-state index contributed by atoms with van der Waals surface area (Å²) in [7, 11) is 0. The minimum atomic E-state index is 0.674. The Balaban J connectivity index is 1.82. The highest BCUT2D eigenvalue weighted by molar-refractivity contribution is 7.11. The van der Waals surface area contributed by atoms with Crippen molar-refractivity contribution in [2.75, 3.05) is 26.2 Å². The van der Waals surface area contributed by atoms with E-state index in [2.05, 4.69) is 22.1 Å². The van der Waals surface area contributed by atoms with Crippen LogP contribution in [0.3, 0.4) is 0 Å². The molecule has 1 fully saturated rings. The number of rotatable bonds is 1. The summed E-state index contributed by atoms with van der Waals surface area (Å²) in [4.78, 5) is 8.79. The fourth-order valence-electron chi connectivity index (χ4n) is 2.67. The van der Waals surface area contributed by atoms with Crippen LogP contribution in [0, 0.1) is 6.92 Å². The third kappa shape index (κ3) is 1.71. The summed E-state index contributed by atoms with van der Waals surface area (Å²) in [6, 6.07) is 0.674. The number of nitrogens with one attached hydrogen (secondary N) is 1. The summed E-state index contributed by atoms with van der Waals surface area (Å²) < 4.78 is 0. The highest BCUT2D eigenvalue weighted by Crippen LogP contribution is 2.39. The molecule has 2 heterocycles. The van der Waals surface area contributed by atoms with Gasteiger partial charge in [0.2, 0.25) is 0 Å². The van der Waals surface area contributed by atoms with Crippen LogP contribution < -0.4 is 5.32 Å². The van der Waals surface area contributed by atoms with Crippen LogP contribution in [0.4, 0.5) is 0 Å². The van der Waals surface area contributed by atoms with Crippen LogP contribution in [-0.2, 0) is 6.42 Å². The molecular formula is C11H17N3S. The molecule has 82 valence electrons. The Labute approximate surface area is 94.5 Å². The monoisotopic (exact) mass is 223 g/mol. The Kier molecular flexibility index (Phi) is 2.50. The molecule has 15 heavy (non-hydrogen) atoms. The van der Waals surface area contributed by atoms with Crippen molar-refractivity contribution >= 4 is 11.3 Å². The van der Waals surface area contributed by atoms with Gasteiger partial charge < -0.3 is 5.32 Å². The Morgan fingerprint density at radius 2 is 2.20 bits per heavy atom. The van der Waals surface area contributed by atoms with E-state index in [0.717, 1.165) is 13.1 Å². The van der Waals surface area contributed by atoms with E-state index in [0.29, 0.717) is 6.04 Å². The molecule has 0 bridgehead atoms. The minimum Gasteiger partial charge on any atom is -0.314 e. The van der Waals surface area contributed by atoms with Crippen molar-refractivity contribution < 1.29 is 0 Å². The Hall–Kier alpha value is -0.450. The highest BCUT2D eigenvalue weighted by atomic mass is 32.1. The van der Waals surface area contributed by atoms with Gasteiger partial charge in [-0.15, -0.1) is 11.3 Å². The zero-order chi connectivity index (χ0) is 10.3. The fourth-order valence-corrected chi connectivity index (χ4v) is 3.81. The number of piperazine rings is 1. The molecule has 0 aromatic carbocycles. The number of aryl methyl sites for hydroxylation is 2. The largest absolute Gasteiger partial charge is 0.314 e. The highest BCUT2D eigenvalue weighted by Gasteiger charge is 2.31. The lowest BCUT2D eigenvalue weighted by molar-refractivity contribution is 0.175. The molecular weight excluding hydrogens is 206 g/mol. The van der Waals surface area contributed by atoms with Gasteiger partial charge in [0.25, 0.3) is 0 Å². The molecule has 3 nitrogen and oxygen atoms in total. The summed E-state index contributed by atoms with van der Waals surface area (Å²) in [5, 5.41) is 4.65. The van der Waals surface area contributed by atoms with Crippen LogP contribution >= 0.6 is 11.3 Å². The Morgan fingerprint density at radius 1 is 1.40 bits per heavy atom. The van der Waals surface area contributed by atoms with Gasteiger partial charge in [-0.25, -0.2) is 4.98 Å². The van der Waals surface area contributed by atoms with Crippen molar-refractivity contribution in [2.45, 2.75) is 25.8 Å². The van der Waals surface area contributed by atoms with Gasteiger partial charge in [-0.2, -0.15) is 0 Å². The molecule has 0 saturated carbocycles. The van der Waals surface area contributed by atoms with Crippen LogP contribution in [0.1, 0.15) is 28.0 Å². The molecule has 1 unspecified atom stereocenters. The van der Waals surface area contributed by atoms with Crippen LogP contribution in [0.25, 0.3) is 0 Å². The summed E-state index contributed by atoms with van der Waals surface area (Å²) in [6.07, 6.45) is 2.47. The number of thiazole rings is 1. The van der Waals surface area contributed by atoms with E-state index >= 15 is 0 Å². The third-order valence-electron chi connectivity index (χ3n) is 3.38. The smallest absolute Gasteiger partial charge is 0.0900 e. The van der Waals surface area contributed by atoms with E-state index < -0.39 is 0 Å². The van der Waals surface area contributed by atoms with Gasteiger partial charge in [-0.05, 0) is 19.8 Å². The van der Waals surface area contributed by atoms with E-state index in [-0.39, 0.29) is 0 Å². The first-order valence-corrected chi connectivity index (χ1v) is 6.57. The first-order chi connectivity index (χ1) is 7.34. The molecule has 0 radical (unpaired) electrons. The number of aromatic nitrogens is 1. The lowest BCUT2D eigenvalue weighted by atomic mass is 10.2. The van der Waals surface area contributed by atoms with E-state index in [1.165, 1.54) is 36.6 Å². The predicted molar refractivity (Wildman–Crippen MR) is 62.4 cm³/mol. The standard InChI is InChI=1S/C11H17N3S/c1-8-13-9-2-3-10(11(9)15-8)14-6-4-12-5-7-14/h10,12H,2-7H2,1H3. The second-order valence-electron chi connectivity index (χ2n) is 4.38. The van der Waals surface area contributed by atoms with Crippen molar-refractivity contribution in [3.05, 3.63) is 15.6 Å². The number of hydrogen-bond donors (Lipinski definition) is 1. The summed E-state index contributed by atoms with van der Waals surface area (Å²) >= 11 is 1.91. The molecule has 1 aliphatic carbocycles. The van der Waals surface area contributed by atoms with Crippen molar-refractivity contribution in [1.82, 2.24) is 15.2 Å². The van der Waals surface area contributed by atoms with E-state index in [9.17, 15) is 0 Å². The van der Waals surface area contributed by atoms with Crippen molar-refractivity contribution in [3.63, 3.8) is 0 Å². The molecule has 1 aromatic rings. The lowest BCUT2D eigenvalue weighted by Gasteiger charge is -2.32. The van der Waals surface area contributed by atoms with Crippen molar-refractivity contribution in [2.24, 2.45) is 0 Å². The average Bonchev–Trinajstić information content (AvgIpc) is 2.77. The van der Waals surface area contributed by atoms with Gasteiger partial charge in [0.15, 0.2) is 0 Å². The van der Waals surface area contributed by atoms with Crippen LogP contribution in [0.15, 0.2) is 0 Å². The van der Waals surface area contributed by atoms with Gasteiger partial charge in [-0.3, -0.25) is 4.90 Å². The predicted octanol–water partition coefficient (Wildman–Crippen LogP) is 1.34. The molecule has 0 spiro atoms. The molecule has 0 amide bonds. The fraction of sp³-hybridized carbons (Fsp3) is 0.727. The molecule has 2 aliphatic rings. The summed E-state index contributed by atoms with van der Waals surface area (Å²) in [5.74, 6) is 0. The molecule has 1 aromatic heterocycles. The van der Waals surface area contributed by atoms with E-state index in [4.69, 9.17) is 0 Å². The first kappa shape index (κ1) is 9.75. The topological polar surface area (TPSA) is 28.2 Å². The maximum absolute atomic E-state index is 4.61. The molecule has 1 atom stereocenters. The van der Waals surface area contributed by atoms with Crippen LogP contribution in [0.5, 0.6) is 0 Å². The average molecular weight is 223 g/mol. The van der Waals surface area contributed by atoms with Gasteiger partial charge in [0, 0.05) is 37.1 Å². The number of fused-ring (bicyclic) bond motifs is 1. The number of nitrogens with zero attached hydrogens (tertiary/aromatic N) is 2.